The van der Waals surface area contributed by atoms with E-state index in [1.807, 2.05) is 0 Å². The molecule has 0 bridgehead atoms. The Bertz CT molecular complexity index is 495. The third-order valence-corrected chi connectivity index (χ3v) is 5.57. The van der Waals surface area contributed by atoms with Gasteiger partial charge in [0.1, 0.15) is 0 Å². The predicted octanol–water partition coefficient (Wildman–Crippen LogP) is 2.45. The largest absolute Gasteiger partial charge is 0.378 e. The Labute approximate surface area is 129 Å². The van der Waals surface area contributed by atoms with Crippen molar-refractivity contribution in [2.45, 2.75) is 24.9 Å². The van der Waals surface area contributed by atoms with Gasteiger partial charge in [-0.1, -0.05) is 22.0 Å². The normalized spacial score (nSPS) is 28.4. The highest BCUT2D eigenvalue weighted by Crippen LogP contribution is 2.37. The van der Waals surface area contributed by atoms with Gasteiger partial charge in [-0.15, -0.1) is 0 Å². The van der Waals surface area contributed by atoms with Crippen molar-refractivity contribution in [3.8, 4) is 0 Å². The van der Waals surface area contributed by atoms with Crippen molar-refractivity contribution in [2.24, 2.45) is 0 Å². The topological polar surface area (TPSA) is 15.7 Å². The zero-order valence-corrected chi connectivity index (χ0v) is 13.3. The van der Waals surface area contributed by atoms with Gasteiger partial charge in [0.2, 0.25) is 0 Å². The molecule has 108 valence electrons. The second-order valence-corrected chi connectivity index (χ2v) is 7.08. The lowest BCUT2D eigenvalue weighted by Gasteiger charge is -2.44. The summed E-state index contributed by atoms with van der Waals surface area (Å²) in [6, 6.07) is 8.17. The highest BCUT2D eigenvalue weighted by atomic mass is 79.9. The Kier molecular flexibility index (Phi) is 3.59. The summed E-state index contributed by atoms with van der Waals surface area (Å²) in [5, 5.41) is 0. The summed E-state index contributed by atoms with van der Waals surface area (Å²) in [6.45, 7) is 6.71. The molecule has 1 atom stereocenters. The number of rotatable bonds is 2. The smallest absolute Gasteiger partial charge is 0.0645 e. The van der Waals surface area contributed by atoms with Gasteiger partial charge in [0, 0.05) is 36.7 Å². The van der Waals surface area contributed by atoms with Crippen LogP contribution in [0.3, 0.4) is 0 Å². The molecule has 0 saturated carbocycles. The lowest BCUT2D eigenvalue weighted by Crippen LogP contribution is -2.56. The molecule has 2 aliphatic heterocycles. The Balaban J connectivity index is 1.43. The van der Waals surface area contributed by atoms with Crippen LogP contribution in [0.25, 0.3) is 0 Å². The second kappa shape index (κ2) is 5.41. The van der Waals surface area contributed by atoms with Crippen LogP contribution < -0.4 is 0 Å². The third kappa shape index (κ3) is 2.33. The van der Waals surface area contributed by atoms with Crippen molar-refractivity contribution in [2.75, 3.05) is 39.4 Å². The summed E-state index contributed by atoms with van der Waals surface area (Å²) in [4.78, 5) is 5.30. The van der Waals surface area contributed by atoms with Gasteiger partial charge in [0.15, 0.2) is 0 Å². The number of fused-ring (bicyclic) bond motifs is 1. The summed E-state index contributed by atoms with van der Waals surface area (Å²) < 4.78 is 6.53. The zero-order valence-electron chi connectivity index (χ0n) is 11.7. The molecule has 2 heterocycles. The minimum atomic E-state index is 0.651. The average molecular weight is 337 g/mol. The minimum absolute atomic E-state index is 0.651. The van der Waals surface area contributed by atoms with Crippen LogP contribution >= 0.6 is 15.9 Å². The van der Waals surface area contributed by atoms with Crippen molar-refractivity contribution in [1.82, 2.24) is 9.80 Å². The number of ether oxygens (including phenoxy) is 1. The maximum absolute atomic E-state index is 5.31. The van der Waals surface area contributed by atoms with E-state index in [9.17, 15) is 0 Å². The molecule has 0 amide bonds. The average Bonchev–Trinajstić information content (AvgIpc) is 2.80. The van der Waals surface area contributed by atoms with E-state index >= 15 is 0 Å². The van der Waals surface area contributed by atoms with E-state index in [1.54, 1.807) is 11.1 Å². The molecule has 4 heteroatoms. The third-order valence-electron chi connectivity index (χ3n) is 5.08. The quantitative estimate of drug-likeness (QED) is 0.825. The first-order chi connectivity index (χ1) is 9.81. The summed E-state index contributed by atoms with van der Waals surface area (Å²) in [5.41, 5.74) is 3.10. The van der Waals surface area contributed by atoms with Crippen LogP contribution in [-0.4, -0.2) is 55.2 Å². The Morgan fingerprint density at radius 1 is 1.05 bits per heavy atom. The zero-order chi connectivity index (χ0) is 13.5. The SMILES string of the molecule is Brc1ccc2c(c1)CCC2N1CCN(C2COC2)CC1. The van der Waals surface area contributed by atoms with Crippen LogP contribution in [0.2, 0.25) is 0 Å². The maximum atomic E-state index is 5.31. The van der Waals surface area contributed by atoms with Crippen LogP contribution in [0.1, 0.15) is 23.6 Å². The fourth-order valence-electron chi connectivity index (χ4n) is 3.79. The molecule has 1 aromatic rings. The molecule has 1 unspecified atom stereocenters. The van der Waals surface area contributed by atoms with Gasteiger partial charge in [0.05, 0.1) is 19.3 Å². The highest BCUT2D eigenvalue weighted by molar-refractivity contribution is 9.10. The van der Waals surface area contributed by atoms with E-state index in [4.69, 9.17) is 4.74 Å². The van der Waals surface area contributed by atoms with E-state index in [0.717, 1.165) is 13.2 Å². The van der Waals surface area contributed by atoms with E-state index < -0.39 is 0 Å². The van der Waals surface area contributed by atoms with Gasteiger partial charge in [0.25, 0.3) is 0 Å². The van der Waals surface area contributed by atoms with Crippen LogP contribution in [-0.2, 0) is 11.2 Å². The minimum Gasteiger partial charge on any atom is -0.378 e. The summed E-state index contributed by atoms with van der Waals surface area (Å²) in [5.74, 6) is 0. The predicted molar refractivity (Wildman–Crippen MR) is 83.0 cm³/mol. The Morgan fingerprint density at radius 2 is 1.80 bits per heavy atom. The molecule has 1 aliphatic carbocycles. The fourth-order valence-corrected chi connectivity index (χ4v) is 4.20. The molecule has 0 radical (unpaired) electrons. The first-order valence-corrected chi connectivity index (χ1v) is 8.45. The summed E-state index contributed by atoms with van der Waals surface area (Å²) in [6.07, 6.45) is 2.52. The fraction of sp³-hybridized carbons (Fsp3) is 0.625. The second-order valence-electron chi connectivity index (χ2n) is 6.16. The number of benzene rings is 1. The lowest BCUT2D eigenvalue weighted by atomic mass is 10.1. The number of hydrogen-bond acceptors (Lipinski definition) is 3. The molecule has 0 spiro atoms. The van der Waals surface area contributed by atoms with Crippen LogP contribution in [0, 0.1) is 0 Å². The molecule has 0 aromatic heterocycles. The highest BCUT2D eigenvalue weighted by Gasteiger charge is 2.33. The number of nitrogens with zero attached hydrogens (tertiary/aromatic N) is 2. The molecule has 2 fully saturated rings. The Morgan fingerprint density at radius 3 is 2.50 bits per heavy atom. The monoisotopic (exact) mass is 336 g/mol. The van der Waals surface area contributed by atoms with Crippen LogP contribution in [0.5, 0.6) is 0 Å². The van der Waals surface area contributed by atoms with Crippen molar-refractivity contribution < 1.29 is 4.74 Å². The molecule has 3 nitrogen and oxygen atoms in total. The molecule has 4 rings (SSSR count). The van der Waals surface area contributed by atoms with Crippen LogP contribution in [0.15, 0.2) is 22.7 Å². The molecule has 3 aliphatic rings. The van der Waals surface area contributed by atoms with Gasteiger partial charge in [-0.2, -0.15) is 0 Å². The summed E-state index contributed by atoms with van der Waals surface area (Å²) >= 11 is 3.59. The first-order valence-electron chi connectivity index (χ1n) is 7.65. The van der Waals surface area contributed by atoms with Crippen molar-refractivity contribution in [1.29, 1.82) is 0 Å². The van der Waals surface area contributed by atoms with E-state index in [1.165, 1.54) is 43.5 Å². The standard InChI is InChI=1S/C16H21BrN2O/c17-13-2-3-15-12(9-13)1-4-16(15)19-7-5-18(6-8-19)14-10-20-11-14/h2-3,9,14,16H,1,4-8,10-11H2. The molecule has 20 heavy (non-hydrogen) atoms. The van der Waals surface area contributed by atoms with Gasteiger partial charge >= 0.3 is 0 Å². The van der Waals surface area contributed by atoms with Crippen molar-refractivity contribution in [3.05, 3.63) is 33.8 Å². The van der Waals surface area contributed by atoms with E-state index in [2.05, 4.69) is 43.9 Å². The first kappa shape index (κ1) is 13.3. The van der Waals surface area contributed by atoms with Gasteiger partial charge in [-0.25, -0.2) is 0 Å². The van der Waals surface area contributed by atoms with Gasteiger partial charge < -0.3 is 4.74 Å². The molecule has 2 saturated heterocycles. The van der Waals surface area contributed by atoms with Crippen LogP contribution in [0.4, 0.5) is 0 Å². The lowest BCUT2D eigenvalue weighted by molar-refractivity contribution is -0.0798. The number of hydrogen-bond donors (Lipinski definition) is 0. The summed E-state index contributed by atoms with van der Waals surface area (Å²) in [7, 11) is 0. The molecular formula is C16H21BrN2O. The van der Waals surface area contributed by atoms with E-state index in [0.29, 0.717) is 12.1 Å². The van der Waals surface area contributed by atoms with Gasteiger partial charge in [-0.05, 0) is 36.1 Å². The van der Waals surface area contributed by atoms with Crippen molar-refractivity contribution in [3.63, 3.8) is 0 Å². The van der Waals surface area contributed by atoms with E-state index in [-0.39, 0.29) is 0 Å². The maximum Gasteiger partial charge on any atom is 0.0645 e. The van der Waals surface area contributed by atoms with Crippen molar-refractivity contribution >= 4 is 15.9 Å². The Hall–Kier alpha value is -0.420. The molecule has 0 N–H and O–H groups in total. The number of halogens is 1. The van der Waals surface area contributed by atoms with Gasteiger partial charge in [-0.3, -0.25) is 9.80 Å². The molecular weight excluding hydrogens is 316 g/mol. The number of piperazine rings is 1. The number of aryl methyl sites for hydroxylation is 1. The molecule has 1 aromatic carbocycles.